The number of aromatic nitrogens is 1. The molecule has 1 aromatic carbocycles. The number of aryl methyl sites for hydroxylation is 1. The number of hydrogen-bond donors (Lipinski definition) is 2. The van der Waals surface area contributed by atoms with E-state index in [1.54, 1.807) is 4.90 Å². The smallest absolute Gasteiger partial charge is 0.435 e. The number of carbonyl (C=O) groups is 1. The van der Waals surface area contributed by atoms with Crippen LogP contribution in [0.15, 0.2) is 42.5 Å². The zero-order chi connectivity index (χ0) is 16.9. The highest BCUT2D eigenvalue weighted by Crippen LogP contribution is 2.24. The normalized spacial score (nSPS) is 17.7. The van der Waals surface area contributed by atoms with Crippen LogP contribution in [0.25, 0.3) is 0 Å². The average molecular weight is 330 g/mol. The molecule has 24 heavy (non-hydrogen) atoms. The molecule has 2 N–H and O–H groups in total. The third kappa shape index (κ3) is 3.64. The van der Waals surface area contributed by atoms with Gasteiger partial charge in [-0.25, -0.2) is 4.79 Å². The molecule has 0 aliphatic carbocycles. The second-order valence-corrected chi connectivity index (χ2v) is 6.07. The van der Waals surface area contributed by atoms with Crippen molar-refractivity contribution in [3.8, 4) is 11.8 Å². The molecule has 1 atom stereocenters. The molecule has 1 amide bonds. The average Bonchev–Trinajstić information content (AvgIpc) is 2.93. The molecule has 0 saturated carbocycles. The van der Waals surface area contributed by atoms with Gasteiger partial charge in [-0.2, -0.15) is 0 Å². The van der Waals surface area contributed by atoms with Gasteiger partial charge in [0.05, 0.1) is 0 Å². The van der Waals surface area contributed by atoms with Crippen molar-refractivity contribution in [2.75, 3.05) is 6.54 Å². The van der Waals surface area contributed by atoms with Crippen LogP contribution in [-0.2, 0) is 6.42 Å². The molecule has 0 spiro atoms. The van der Waals surface area contributed by atoms with Crippen LogP contribution < -0.4 is 4.84 Å². The van der Waals surface area contributed by atoms with Crippen LogP contribution in [0.3, 0.4) is 0 Å². The highest BCUT2D eigenvalue weighted by Gasteiger charge is 2.29. The number of amides is 1. The predicted molar refractivity (Wildman–Crippen MR) is 88.8 cm³/mol. The molecule has 2 aromatic rings. The summed E-state index contributed by atoms with van der Waals surface area (Å²) in [7, 11) is 0. The first-order valence-electron chi connectivity index (χ1n) is 8.27. The largest absolute Gasteiger partial charge is 0.492 e. The lowest BCUT2D eigenvalue weighted by molar-refractivity contribution is 0.0511. The number of rotatable bonds is 4. The van der Waals surface area contributed by atoms with Crippen LogP contribution in [0, 0.1) is 0 Å². The zero-order valence-corrected chi connectivity index (χ0v) is 13.5. The van der Waals surface area contributed by atoms with E-state index in [2.05, 4.69) is 12.1 Å². The maximum absolute atomic E-state index is 12.5. The molecular formula is C18H22N2O4. The topological polar surface area (TPSA) is 74.9 Å². The molecule has 1 aliphatic rings. The summed E-state index contributed by atoms with van der Waals surface area (Å²) < 4.78 is 0.741. The minimum absolute atomic E-state index is 0.103. The van der Waals surface area contributed by atoms with Gasteiger partial charge in [0.1, 0.15) is 0 Å². The summed E-state index contributed by atoms with van der Waals surface area (Å²) in [6.07, 6.45) is 4.17. The van der Waals surface area contributed by atoms with Crippen molar-refractivity contribution in [1.29, 1.82) is 0 Å². The Labute approximate surface area is 140 Å². The van der Waals surface area contributed by atoms with Crippen molar-refractivity contribution in [2.24, 2.45) is 0 Å². The van der Waals surface area contributed by atoms with E-state index in [9.17, 15) is 15.0 Å². The number of benzene rings is 1. The van der Waals surface area contributed by atoms with Crippen molar-refractivity contribution in [3.63, 3.8) is 0 Å². The van der Waals surface area contributed by atoms with Crippen LogP contribution in [-0.4, -0.2) is 38.5 Å². The third-order valence-corrected chi connectivity index (χ3v) is 4.44. The quantitative estimate of drug-likeness (QED) is 0.904. The number of nitrogens with zero attached hydrogens (tertiary/aromatic N) is 2. The summed E-state index contributed by atoms with van der Waals surface area (Å²) in [5.74, 6) is -0.614. The van der Waals surface area contributed by atoms with E-state index in [0.29, 0.717) is 6.54 Å². The Morgan fingerprint density at radius 3 is 2.50 bits per heavy atom. The summed E-state index contributed by atoms with van der Waals surface area (Å²) in [6, 6.07) is 12.8. The van der Waals surface area contributed by atoms with E-state index >= 15 is 0 Å². The lowest BCUT2D eigenvalue weighted by Gasteiger charge is -2.34. The molecule has 128 valence electrons. The van der Waals surface area contributed by atoms with E-state index in [1.807, 2.05) is 18.2 Å². The molecule has 6 heteroatoms. The fourth-order valence-electron chi connectivity index (χ4n) is 3.14. The van der Waals surface area contributed by atoms with Crippen LogP contribution in [0.2, 0.25) is 0 Å². The number of carbonyl (C=O) groups excluding carboxylic acids is 1. The van der Waals surface area contributed by atoms with Crippen LogP contribution in [0.4, 0.5) is 4.79 Å². The van der Waals surface area contributed by atoms with Gasteiger partial charge in [-0.05, 0) is 37.7 Å². The highest BCUT2D eigenvalue weighted by atomic mass is 16.7. The zero-order valence-electron chi connectivity index (χ0n) is 13.5. The van der Waals surface area contributed by atoms with Crippen molar-refractivity contribution in [3.05, 3.63) is 48.0 Å². The maximum Gasteiger partial charge on any atom is 0.435 e. The molecule has 1 aliphatic heterocycles. The van der Waals surface area contributed by atoms with Crippen LogP contribution >= 0.6 is 0 Å². The standard InChI is InChI=1S/C18H22N2O4/c21-16-11-12-17(22)20(16)24-18(23)19-13-5-4-8-15(19)10-9-14-6-2-1-3-7-14/h1-3,6-7,11-12,15,21-22H,4-5,8-10,13H2. The number of aromatic hydroxyl groups is 2. The Balaban J connectivity index is 1.64. The second-order valence-electron chi connectivity index (χ2n) is 6.07. The summed E-state index contributed by atoms with van der Waals surface area (Å²) in [5, 5.41) is 19.2. The summed E-state index contributed by atoms with van der Waals surface area (Å²) in [5.41, 5.74) is 1.25. The van der Waals surface area contributed by atoms with Crippen molar-refractivity contribution >= 4 is 6.09 Å². The Morgan fingerprint density at radius 1 is 1.08 bits per heavy atom. The van der Waals surface area contributed by atoms with Crippen molar-refractivity contribution in [2.45, 2.75) is 38.1 Å². The van der Waals surface area contributed by atoms with Crippen molar-refractivity contribution in [1.82, 2.24) is 9.63 Å². The van der Waals surface area contributed by atoms with E-state index in [0.717, 1.165) is 36.8 Å². The number of likely N-dealkylation sites (tertiary alicyclic amines) is 1. The van der Waals surface area contributed by atoms with Gasteiger partial charge in [-0.1, -0.05) is 30.3 Å². The molecular weight excluding hydrogens is 308 g/mol. The molecule has 6 nitrogen and oxygen atoms in total. The molecule has 0 bridgehead atoms. The van der Waals surface area contributed by atoms with Gasteiger partial charge >= 0.3 is 6.09 Å². The SMILES string of the molecule is O=C(On1c(O)ccc1O)N1CCCCC1CCc1ccccc1. The van der Waals surface area contributed by atoms with Gasteiger partial charge in [0.2, 0.25) is 11.8 Å². The Kier molecular flexibility index (Phi) is 4.93. The third-order valence-electron chi connectivity index (χ3n) is 4.44. The molecule has 1 saturated heterocycles. The first kappa shape index (κ1) is 16.2. The van der Waals surface area contributed by atoms with Crippen molar-refractivity contribution < 1.29 is 19.8 Å². The molecule has 2 heterocycles. The van der Waals surface area contributed by atoms with E-state index in [-0.39, 0.29) is 17.8 Å². The monoisotopic (exact) mass is 330 g/mol. The summed E-state index contributed by atoms with van der Waals surface area (Å²) in [6.45, 7) is 0.626. The molecule has 3 rings (SSSR count). The second kappa shape index (κ2) is 7.29. The number of hydrogen-bond acceptors (Lipinski definition) is 4. The van der Waals surface area contributed by atoms with E-state index in [4.69, 9.17) is 4.84 Å². The van der Waals surface area contributed by atoms with E-state index < -0.39 is 6.09 Å². The lowest BCUT2D eigenvalue weighted by Crippen LogP contribution is -2.46. The summed E-state index contributed by atoms with van der Waals surface area (Å²) in [4.78, 5) is 19.3. The molecule has 0 radical (unpaired) electrons. The van der Waals surface area contributed by atoms with E-state index in [1.165, 1.54) is 17.7 Å². The first-order chi connectivity index (χ1) is 11.6. The van der Waals surface area contributed by atoms with Gasteiger partial charge in [0, 0.05) is 24.7 Å². The predicted octanol–water partition coefficient (Wildman–Crippen LogP) is 2.94. The van der Waals surface area contributed by atoms with Gasteiger partial charge < -0.3 is 20.0 Å². The van der Waals surface area contributed by atoms with Gasteiger partial charge in [0.25, 0.3) is 0 Å². The molecule has 1 unspecified atom stereocenters. The van der Waals surface area contributed by atoms with Gasteiger partial charge in [-0.15, -0.1) is 4.73 Å². The minimum Gasteiger partial charge on any atom is -0.492 e. The maximum atomic E-state index is 12.5. The summed E-state index contributed by atoms with van der Waals surface area (Å²) >= 11 is 0. The van der Waals surface area contributed by atoms with Gasteiger partial charge in [-0.3, -0.25) is 0 Å². The first-order valence-corrected chi connectivity index (χ1v) is 8.27. The fraction of sp³-hybridized carbons (Fsp3) is 0.389. The van der Waals surface area contributed by atoms with Gasteiger partial charge in [0.15, 0.2) is 0 Å². The highest BCUT2D eigenvalue weighted by molar-refractivity contribution is 5.68. The molecule has 1 aromatic heterocycles. The van der Waals surface area contributed by atoms with Crippen LogP contribution in [0.5, 0.6) is 11.8 Å². The Bertz CT molecular complexity index is 664. The van der Waals surface area contributed by atoms with Crippen LogP contribution in [0.1, 0.15) is 31.2 Å². The Morgan fingerprint density at radius 2 is 1.79 bits per heavy atom. The molecule has 1 fully saturated rings. The number of piperidine rings is 1. The lowest BCUT2D eigenvalue weighted by atomic mass is 9.96. The Hall–Kier alpha value is -2.63. The minimum atomic E-state index is -0.547. The fourth-order valence-corrected chi connectivity index (χ4v) is 3.14.